The van der Waals surface area contributed by atoms with Gasteiger partial charge in [0.2, 0.25) is 5.88 Å². The van der Waals surface area contributed by atoms with Gasteiger partial charge in [0.05, 0.1) is 23.0 Å². The zero-order chi connectivity index (χ0) is 25.8. The highest BCUT2D eigenvalue weighted by Crippen LogP contribution is 2.37. The number of pyridine rings is 1. The fourth-order valence-corrected chi connectivity index (χ4v) is 4.31. The van der Waals surface area contributed by atoms with Crippen LogP contribution in [0, 0.1) is 15.9 Å². The molecule has 0 aliphatic carbocycles. The minimum Gasteiger partial charge on any atom is -0.490 e. The number of carbonyl (C=O) groups excluding carboxylic acids is 2. The Balaban J connectivity index is 1.55. The molecule has 1 fully saturated rings. The summed E-state index contributed by atoms with van der Waals surface area (Å²) in [6, 6.07) is 11.6. The van der Waals surface area contributed by atoms with Crippen molar-refractivity contribution in [3.05, 3.63) is 91.7 Å². The van der Waals surface area contributed by atoms with Gasteiger partial charge in [-0.1, -0.05) is 23.7 Å². The molecule has 9 nitrogen and oxygen atoms in total. The number of thioether (sulfide) groups is 1. The third-order valence-electron chi connectivity index (χ3n) is 4.96. The molecule has 0 atom stereocenters. The van der Waals surface area contributed by atoms with Crippen LogP contribution in [0.15, 0.2) is 59.6 Å². The Morgan fingerprint density at radius 3 is 2.67 bits per heavy atom. The Kier molecular flexibility index (Phi) is 7.51. The third-order valence-corrected chi connectivity index (χ3v) is 6.22. The molecule has 1 aliphatic heterocycles. The first-order valence-electron chi connectivity index (χ1n) is 10.5. The zero-order valence-electron chi connectivity index (χ0n) is 18.6. The van der Waals surface area contributed by atoms with Crippen molar-refractivity contribution >= 4 is 46.3 Å². The van der Waals surface area contributed by atoms with Gasteiger partial charge in [-0.05, 0) is 54.6 Å². The van der Waals surface area contributed by atoms with Crippen LogP contribution in [0.1, 0.15) is 18.1 Å². The van der Waals surface area contributed by atoms with Crippen molar-refractivity contribution in [2.45, 2.75) is 13.5 Å². The van der Waals surface area contributed by atoms with Crippen LogP contribution in [-0.2, 0) is 11.3 Å². The molecule has 0 saturated carbocycles. The van der Waals surface area contributed by atoms with Crippen molar-refractivity contribution in [3.8, 4) is 17.4 Å². The molecule has 0 spiro atoms. The Bertz CT molecular complexity index is 1360. The average molecular weight is 530 g/mol. The molecule has 0 bridgehead atoms. The fraction of sp³-hybridized carbons (Fsp3) is 0.125. The van der Waals surface area contributed by atoms with Crippen molar-refractivity contribution in [2.24, 2.45) is 0 Å². The van der Waals surface area contributed by atoms with Crippen LogP contribution in [0.4, 0.5) is 14.9 Å². The summed E-state index contributed by atoms with van der Waals surface area (Å²) in [6.07, 6.45) is 2.60. The molecular weight excluding hydrogens is 513 g/mol. The van der Waals surface area contributed by atoms with Crippen molar-refractivity contribution in [3.63, 3.8) is 0 Å². The van der Waals surface area contributed by atoms with E-state index in [0.29, 0.717) is 23.7 Å². The van der Waals surface area contributed by atoms with Gasteiger partial charge in [-0.25, -0.2) is 9.37 Å². The van der Waals surface area contributed by atoms with E-state index in [-0.39, 0.29) is 33.6 Å². The molecule has 1 aromatic heterocycles. The van der Waals surface area contributed by atoms with Gasteiger partial charge < -0.3 is 9.47 Å². The summed E-state index contributed by atoms with van der Waals surface area (Å²) >= 11 is 6.77. The van der Waals surface area contributed by atoms with E-state index in [0.717, 1.165) is 22.9 Å². The van der Waals surface area contributed by atoms with Gasteiger partial charge in [-0.3, -0.25) is 24.6 Å². The summed E-state index contributed by atoms with van der Waals surface area (Å²) in [4.78, 5) is 40.6. The summed E-state index contributed by atoms with van der Waals surface area (Å²) in [5.74, 6) is -0.411. The number of imide groups is 1. The number of aromatic nitrogens is 1. The predicted octanol–water partition coefficient (Wildman–Crippen LogP) is 6.21. The first-order valence-corrected chi connectivity index (χ1v) is 11.7. The Morgan fingerprint density at radius 2 is 2.00 bits per heavy atom. The summed E-state index contributed by atoms with van der Waals surface area (Å²) in [6.45, 7) is 1.81. The number of rotatable bonds is 8. The first-order chi connectivity index (χ1) is 17.3. The molecule has 2 aromatic carbocycles. The van der Waals surface area contributed by atoms with Crippen molar-refractivity contribution in [2.75, 3.05) is 6.61 Å². The second-order valence-electron chi connectivity index (χ2n) is 7.32. The maximum atomic E-state index is 14.2. The Hall–Kier alpha value is -3.96. The lowest BCUT2D eigenvalue weighted by molar-refractivity contribution is -0.385. The van der Waals surface area contributed by atoms with E-state index in [1.807, 2.05) is 0 Å². The number of hydrogen-bond acceptors (Lipinski definition) is 8. The lowest BCUT2D eigenvalue weighted by Gasteiger charge is -2.14. The molecule has 0 N–H and O–H groups in total. The summed E-state index contributed by atoms with van der Waals surface area (Å²) in [5.41, 5.74) is 0.438. The first kappa shape index (κ1) is 25.1. The molecule has 184 valence electrons. The van der Waals surface area contributed by atoms with Crippen LogP contribution >= 0.6 is 23.4 Å². The van der Waals surface area contributed by atoms with Gasteiger partial charge in [0.1, 0.15) is 12.0 Å². The smallest absolute Gasteiger partial charge is 0.293 e. The number of halogens is 2. The maximum absolute atomic E-state index is 14.2. The zero-order valence-corrected chi connectivity index (χ0v) is 20.2. The van der Waals surface area contributed by atoms with Crippen molar-refractivity contribution < 1.29 is 28.4 Å². The minimum absolute atomic E-state index is 0.0581. The highest BCUT2D eigenvalue weighted by Gasteiger charge is 2.36. The molecular formula is C24H17ClFN3O6S. The van der Waals surface area contributed by atoms with Crippen molar-refractivity contribution in [1.29, 1.82) is 0 Å². The summed E-state index contributed by atoms with van der Waals surface area (Å²) < 4.78 is 25.5. The molecule has 36 heavy (non-hydrogen) atoms. The van der Waals surface area contributed by atoms with E-state index in [2.05, 4.69) is 4.98 Å². The van der Waals surface area contributed by atoms with E-state index in [1.165, 1.54) is 36.4 Å². The maximum Gasteiger partial charge on any atom is 0.293 e. The van der Waals surface area contributed by atoms with Gasteiger partial charge in [0.25, 0.3) is 16.8 Å². The largest absolute Gasteiger partial charge is 0.490 e. The molecule has 1 saturated heterocycles. The fourth-order valence-electron chi connectivity index (χ4n) is 3.25. The third kappa shape index (κ3) is 5.47. The van der Waals surface area contributed by atoms with Gasteiger partial charge in [0.15, 0.2) is 11.5 Å². The van der Waals surface area contributed by atoms with Crippen LogP contribution in [0.2, 0.25) is 5.02 Å². The standard InChI is InChI=1S/C24H17ClFN3O6S/c1-2-34-20-10-14(6-8-19(20)35-22-9-7-15(12-27-22)29(32)33)11-21-23(30)28(24(31)36-21)13-16-17(25)4-3-5-18(16)26/h3-12H,2,13H2,1H3/b21-11-. The van der Waals surface area contributed by atoms with Crippen LogP contribution in [0.5, 0.6) is 17.4 Å². The van der Waals surface area contributed by atoms with E-state index < -0.39 is 21.9 Å². The SMILES string of the molecule is CCOc1cc(/C=C2\SC(=O)N(Cc3c(F)cccc3Cl)C2=O)ccc1Oc1ccc([N+](=O)[O-])cn1. The lowest BCUT2D eigenvalue weighted by Crippen LogP contribution is -2.28. The molecule has 1 aliphatic rings. The molecule has 2 amide bonds. The van der Waals surface area contributed by atoms with E-state index in [9.17, 15) is 24.1 Å². The second-order valence-corrected chi connectivity index (χ2v) is 8.72. The van der Waals surface area contributed by atoms with Crippen LogP contribution in [0.25, 0.3) is 6.08 Å². The topological polar surface area (TPSA) is 112 Å². The minimum atomic E-state index is -0.606. The van der Waals surface area contributed by atoms with Crippen LogP contribution in [0.3, 0.4) is 0 Å². The monoisotopic (exact) mass is 529 g/mol. The molecule has 0 radical (unpaired) electrons. The Morgan fingerprint density at radius 1 is 1.19 bits per heavy atom. The van der Waals surface area contributed by atoms with E-state index in [1.54, 1.807) is 25.1 Å². The number of carbonyl (C=O) groups is 2. The predicted molar refractivity (Wildman–Crippen MR) is 132 cm³/mol. The molecule has 2 heterocycles. The van der Waals surface area contributed by atoms with Gasteiger partial charge in [-0.2, -0.15) is 0 Å². The number of benzene rings is 2. The van der Waals surface area contributed by atoms with E-state index in [4.69, 9.17) is 21.1 Å². The normalized spacial score (nSPS) is 14.4. The van der Waals surface area contributed by atoms with Crippen LogP contribution in [-0.4, -0.2) is 32.6 Å². The summed E-state index contributed by atoms with van der Waals surface area (Å²) in [7, 11) is 0. The lowest BCUT2D eigenvalue weighted by atomic mass is 10.1. The van der Waals surface area contributed by atoms with Gasteiger partial charge in [0, 0.05) is 22.7 Å². The summed E-state index contributed by atoms with van der Waals surface area (Å²) in [5, 5.41) is 10.4. The highest BCUT2D eigenvalue weighted by molar-refractivity contribution is 8.18. The molecule has 12 heteroatoms. The second kappa shape index (κ2) is 10.8. The highest BCUT2D eigenvalue weighted by atomic mass is 35.5. The number of nitro groups is 1. The Labute approximate surface area is 213 Å². The molecule has 0 unspecified atom stereocenters. The number of amides is 2. The number of hydrogen-bond donors (Lipinski definition) is 0. The van der Waals surface area contributed by atoms with Crippen LogP contribution < -0.4 is 9.47 Å². The van der Waals surface area contributed by atoms with Gasteiger partial charge >= 0.3 is 0 Å². The van der Waals surface area contributed by atoms with Crippen molar-refractivity contribution in [1.82, 2.24) is 9.88 Å². The number of ether oxygens (including phenoxy) is 2. The molecule has 4 rings (SSSR count). The average Bonchev–Trinajstić information content (AvgIpc) is 3.10. The van der Waals surface area contributed by atoms with E-state index >= 15 is 0 Å². The van der Waals surface area contributed by atoms with Gasteiger partial charge in [-0.15, -0.1) is 0 Å². The quantitative estimate of drug-likeness (QED) is 0.192. The number of nitrogens with zero attached hydrogens (tertiary/aromatic N) is 3. The molecule has 3 aromatic rings.